The monoisotopic (exact) mass is 243 g/mol. The van der Waals surface area contributed by atoms with E-state index in [2.05, 4.69) is 30.8 Å². The molecule has 1 saturated heterocycles. The number of piperidine rings is 1. The molecule has 1 heterocycles. The van der Waals surface area contributed by atoms with Crippen molar-refractivity contribution in [3.63, 3.8) is 0 Å². The summed E-state index contributed by atoms with van der Waals surface area (Å²) in [5.74, 6) is 0. The molecule has 0 aromatic heterocycles. The first-order valence-electron chi connectivity index (χ1n) is 6.22. The van der Waals surface area contributed by atoms with Gasteiger partial charge in [0.15, 0.2) is 0 Å². The van der Waals surface area contributed by atoms with E-state index in [4.69, 9.17) is 18.0 Å². The Labute approximate surface area is 105 Å². The number of rotatable bonds is 5. The number of nitrogens with zero attached hydrogens (tertiary/aromatic N) is 2. The quantitative estimate of drug-likeness (QED) is 0.741. The second-order valence-corrected chi connectivity index (χ2v) is 5.45. The summed E-state index contributed by atoms with van der Waals surface area (Å²) in [5, 5.41) is 0. The van der Waals surface area contributed by atoms with E-state index >= 15 is 0 Å². The van der Waals surface area contributed by atoms with Gasteiger partial charge in [-0.1, -0.05) is 18.6 Å². The van der Waals surface area contributed by atoms with Gasteiger partial charge in [0, 0.05) is 12.6 Å². The zero-order valence-electron chi connectivity index (χ0n) is 10.8. The predicted octanol–water partition coefficient (Wildman–Crippen LogP) is 1.47. The van der Waals surface area contributed by atoms with Crippen molar-refractivity contribution in [3.8, 4) is 0 Å². The van der Waals surface area contributed by atoms with Gasteiger partial charge in [-0.05, 0) is 46.8 Å². The molecule has 3 nitrogen and oxygen atoms in total. The topological polar surface area (TPSA) is 32.5 Å². The lowest BCUT2D eigenvalue weighted by atomic mass is 10.00. The Morgan fingerprint density at radius 3 is 2.81 bits per heavy atom. The van der Waals surface area contributed by atoms with Crippen LogP contribution in [0.3, 0.4) is 0 Å². The van der Waals surface area contributed by atoms with Gasteiger partial charge in [0.05, 0.1) is 11.0 Å². The number of hydrogen-bond acceptors (Lipinski definition) is 3. The third-order valence-corrected chi connectivity index (χ3v) is 4.15. The van der Waals surface area contributed by atoms with Crippen molar-refractivity contribution in [3.05, 3.63) is 0 Å². The Morgan fingerprint density at radius 1 is 1.56 bits per heavy atom. The van der Waals surface area contributed by atoms with Gasteiger partial charge < -0.3 is 10.6 Å². The highest BCUT2D eigenvalue weighted by Gasteiger charge is 2.20. The number of thiocarbonyl (C=S) groups is 1. The molecule has 0 aliphatic carbocycles. The normalized spacial score (nSPS) is 24.6. The minimum Gasteiger partial charge on any atom is -0.392 e. The van der Waals surface area contributed by atoms with Crippen molar-refractivity contribution in [1.29, 1.82) is 0 Å². The van der Waals surface area contributed by atoms with E-state index < -0.39 is 0 Å². The standard InChI is InChI=1S/C12H25N3S/c1-10(12(13)16)14(2)9-7-11-6-4-5-8-15(11)3/h10-11H,4-9H2,1-3H3,(H2,13,16). The summed E-state index contributed by atoms with van der Waals surface area (Å²) in [5.41, 5.74) is 5.65. The molecular formula is C12H25N3S. The Bertz CT molecular complexity index is 232. The maximum atomic E-state index is 5.65. The zero-order valence-corrected chi connectivity index (χ0v) is 11.6. The van der Waals surface area contributed by atoms with Gasteiger partial charge in [0.25, 0.3) is 0 Å². The second kappa shape index (κ2) is 6.52. The van der Waals surface area contributed by atoms with Gasteiger partial charge >= 0.3 is 0 Å². The molecule has 1 rings (SSSR count). The fourth-order valence-electron chi connectivity index (χ4n) is 2.27. The van der Waals surface area contributed by atoms with Crippen molar-refractivity contribution in [1.82, 2.24) is 9.80 Å². The summed E-state index contributed by atoms with van der Waals surface area (Å²) in [6.45, 7) is 4.40. The smallest absolute Gasteiger partial charge is 0.0899 e. The molecule has 0 bridgehead atoms. The Hall–Kier alpha value is -0.190. The van der Waals surface area contributed by atoms with Gasteiger partial charge in [-0.25, -0.2) is 0 Å². The molecular weight excluding hydrogens is 218 g/mol. The summed E-state index contributed by atoms with van der Waals surface area (Å²) in [7, 11) is 4.34. The number of nitrogens with two attached hydrogens (primary N) is 1. The van der Waals surface area contributed by atoms with Crippen LogP contribution in [0.4, 0.5) is 0 Å². The first-order chi connectivity index (χ1) is 7.52. The average Bonchev–Trinajstić information content (AvgIpc) is 2.26. The van der Waals surface area contributed by atoms with E-state index in [0.717, 1.165) is 12.6 Å². The highest BCUT2D eigenvalue weighted by atomic mass is 32.1. The van der Waals surface area contributed by atoms with E-state index in [1.165, 1.54) is 32.2 Å². The average molecular weight is 243 g/mol. The Morgan fingerprint density at radius 2 is 2.25 bits per heavy atom. The van der Waals surface area contributed by atoms with Crippen LogP contribution in [0.25, 0.3) is 0 Å². The minimum absolute atomic E-state index is 0.212. The van der Waals surface area contributed by atoms with Crippen LogP contribution in [0, 0.1) is 0 Å². The van der Waals surface area contributed by atoms with Crippen LogP contribution < -0.4 is 5.73 Å². The van der Waals surface area contributed by atoms with Gasteiger partial charge in [0.1, 0.15) is 0 Å². The molecule has 0 amide bonds. The molecule has 1 fully saturated rings. The first kappa shape index (κ1) is 13.9. The van der Waals surface area contributed by atoms with Gasteiger partial charge in [-0.2, -0.15) is 0 Å². The fraction of sp³-hybridized carbons (Fsp3) is 0.917. The van der Waals surface area contributed by atoms with E-state index in [1.54, 1.807) is 0 Å². The van der Waals surface area contributed by atoms with Gasteiger partial charge in [0.2, 0.25) is 0 Å². The van der Waals surface area contributed by atoms with Crippen LogP contribution in [-0.2, 0) is 0 Å². The Kier molecular flexibility index (Phi) is 5.66. The second-order valence-electron chi connectivity index (χ2n) is 4.98. The summed E-state index contributed by atoms with van der Waals surface area (Å²) in [6.07, 6.45) is 5.29. The van der Waals surface area contributed by atoms with Crippen LogP contribution >= 0.6 is 12.2 Å². The molecule has 1 aliphatic heterocycles. The third-order valence-electron chi connectivity index (χ3n) is 3.81. The molecule has 16 heavy (non-hydrogen) atoms. The fourth-order valence-corrected chi connectivity index (χ4v) is 2.45. The summed E-state index contributed by atoms with van der Waals surface area (Å²) >= 11 is 5.01. The molecule has 0 radical (unpaired) electrons. The lowest BCUT2D eigenvalue weighted by Gasteiger charge is -2.34. The Balaban J connectivity index is 2.30. The van der Waals surface area contributed by atoms with Crippen LogP contribution in [0.15, 0.2) is 0 Å². The third kappa shape index (κ3) is 4.00. The summed E-state index contributed by atoms with van der Waals surface area (Å²) < 4.78 is 0. The van der Waals surface area contributed by atoms with E-state index in [1.807, 2.05) is 0 Å². The van der Waals surface area contributed by atoms with Crippen molar-refractivity contribution in [2.24, 2.45) is 5.73 Å². The lowest BCUT2D eigenvalue weighted by Crippen LogP contribution is -2.43. The van der Waals surface area contributed by atoms with Crippen molar-refractivity contribution in [2.45, 2.75) is 44.7 Å². The van der Waals surface area contributed by atoms with Gasteiger partial charge in [-0.3, -0.25) is 4.90 Å². The molecule has 2 N–H and O–H groups in total. The van der Waals surface area contributed by atoms with Crippen molar-refractivity contribution < 1.29 is 0 Å². The molecule has 94 valence electrons. The van der Waals surface area contributed by atoms with E-state index in [-0.39, 0.29) is 6.04 Å². The van der Waals surface area contributed by atoms with E-state index in [9.17, 15) is 0 Å². The molecule has 2 atom stereocenters. The molecule has 0 aromatic carbocycles. The molecule has 0 spiro atoms. The molecule has 2 unspecified atom stereocenters. The molecule has 1 aliphatic rings. The molecule has 0 saturated carbocycles. The zero-order chi connectivity index (χ0) is 12.1. The maximum absolute atomic E-state index is 5.65. The summed E-state index contributed by atoms with van der Waals surface area (Å²) in [6, 6.07) is 0.957. The molecule has 0 aromatic rings. The number of likely N-dealkylation sites (tertiary alicyclic amines) is 1. The highest BCUT2D eigenvalue weighted by molar-refractivity contribution is 7.80. The van der Waals surface area contributed by atoms with E-state index in [0.29, 0.717) is 4.99 Å². The van der Waals surface area contributed by atoms with Gasteiger partial charge in [-0.15, -0.1) is 0 Å². The van der Waals surface area contributed by atoms with Crippen molar-refractivity contribution in [2.75, 3.05) is 27.2 Å². The minimum atomic E-state index is 0.212. The van der Waals surface area contributed by atoms with Crippen LogP contribution in [0.5, 0.6) is 0 Å². The molecule has 4 heteroatoms. The van der Waals surface area contributed by atoms with Crippen LogP contribution in [0.1, 0.15) is 32.6 Å². The van der Waals surface area contributed by atoms with Crippen LogP contribution in [-0.4, -0.2) is 54.1 Å². The summed E-state index contributed by atoms with van der Waals surface area (Å²) in [4.78, 5) is 5.34. The lowest BCUT2D eigenvalue weighted by molar-refractivity contribution is 0.158. The first-order valence-corrected chi connectivity index (χ1v) is 6.63. The maximum Gasteiger partial charge on any atom is 0.0899 e. The number of likely N-dealkylation sites (N-methyl/N-ethyl adjacent to an activating group) is 1. The largest absolute Gasteiger partial charge is 0.392 e. The number of hydrogen-bond donors (Lipinski definition) is 1. The van der Waals surface area contributed by atoms with Crippen LogP contribution in [0.2, 0.25) is 0 Å². The van der Waals surface area contributed by atoms with Crippen molar-refractivity contribution >= 4 is 17.2 Å². The highest BCUT2D eigenvalue weighted by Crippen LogP contribution is 2.18. The SMILES string of the molecule is CC(C(N)=S)N(C)CCC1CCCCN1C. The predicted molar refractivity (Wildman–Crippen MR) is 73.8 cm³/mol.